The number of nitrogens with one attached hydrogen (secondary N) is 1. The first kappa shape index (κ1) is 13.6. The third kappa shape index (κ3) is 11.6. The molecule has 0 saturated heterocycles. The van der Waals surface area contributed by atoms with Gasteiger partial charge in [-0.25, -0.2) is 4.99 Å². The minimum Gasteiger partial charge on any atom is -0.418 e. The van der Waals surface area contributed by atoms with Crippen molar-refractivity contribution in [1.82, 2.24) is 0 Å². The molecule has 0 aromatic heterocycles. The fourth-order valence-corrected chi connectivity index (χ4v) is 5.29. The Bertz CT molecular complexity index is 190. The van der Waals surface area contributed by atoms with Gasteiger partial charge in [-0.05, 0) is 0 Å². The van der Waals surface area contributed by atoms with Crippen LogP contribution in [0.25, 0.3) is 0 Å². The van der Waals surface area contributed by atoms with E-state index in [9.17, 15) is 17.3 Å². The summed E-state index contributed by atoms with van der Waals surface area (Å²) in [5.41, 5.74) is 0. The number of halogens is 4. The molecule has 0 aliphatic carbocycles. The summed E-state index contributed by atoms with van der Waals surface area (Å²) in [5, 5.41) is 0. The first-order valence-corrected chi connectivity index (χ1v) is 10.1. The van der Waals surface area contributed by atoms with Crippen LogP contribution >= 0.6 is 0 Å². The maximum Gasteiger partial charge on any atom is 0.673 e. The minimum absolute atomic E-state index is 0.207. The highest BCUT2D eigenvalue weighted by molar-refractivity contribution is 6.96. The average molecular weight is 244 g/mol. The molecule has 1 aliphatic heterocycles. The van der Waals surface area contributed by atoms with Gasteiger partial charge < -0.3 is 21.8 Å². The summed E-state index contributed by atoms with van der Waals surface area (Å²) in [7, 11) is -5.44. The average Bonchev–Trinajstić information content (AvgIpc) is 2.49. The fraction of sp³-hybridized carbons (Fsp3) is 0.400. The van der Waals surface area contributed by atoms with Crippen LogP contribution in [0.3, 0.4) is 0 Å². The molecule has 2 nitrogen and oxygen atoms in total. The number of rotatable bonds is 3. The van der Waals surface area contributed by atoms with Crippen molar-refractivity contribution in [3.8, 4) is 0 Å². The van der Waals surface area contributed by atoms with Crippen LogP contribution < -0.4 is 4.57 Å². The second-order valence-electron chi connectivity index (χ2n) is 2.77. The van der Waals surface area contributed by atoms with Crippen molar-refractivity contribution >= 4 is 31.8 Å². The molecule has 0 spiro atoms. The van der Waals surface area contributed by atoms with E-state index in [0.717, 1.165) is 0 Å². The van der Waals surface area contributed by atoms with Crippen LogP contribution in [-0.4, -0.2) is 31.8 Å². The molecule has 1 aliphatic rings. The molecular formula is C5H13BF4N2Si2. The summed E-state index contributed by atoms with van der Waals surface area (Å²) >= 11 is 0. The van der Waals surface area contributed by atoms with Crippen LogP contribution in [0.2, 0.25) is 6.04 Å². The first-order valence-electron chi connectivity index (χ1n) is 4.36. The molecule has 0 aromatic rings. The topological polar surface area (TPSA) is 16.8 Å². The second-order valence-corrected chi connectivity index (χ2v) is 9.41. The lowest BCUT2D eigenvalue weighted by Gasteiger charge is -2.00. The predicted octanol–water partition coefficient (Wildman–Crippen LogP) is -0.710. The van der Waals surface area contributed by atoms with Crippen molar-refractivity contribution < 1.29 is 21.8 Å². The highest BCUT2D eigenvalue weighted by atomic mass is 29.1. The van der Waals surface area contributed by atoms with Gasteiger partial charge in [-0.3, -0.25) is 0 Å². The zero-order valence-corrected chi connectivity index (χ0v) is 10.7. The quantitative estimate of drug-likeness (QED) is 0.499. The van der Waals surface area contributed by atoms with Crippen LogP contribution in [0, 0.1) is 0 Å². The second kappa shape index (κ2) is 6.96. The number of aliphatic imine (C=N–C) groups is 1. The standard InChI is InChI=1S/C5H12N2Si2.BF4/c1-2-8-9-7-4-3-6-5-7;2-1(3,4)5/h3-5H,2,8-9H2,1H3;/q;-1/p+1. The van der Waals surface area contributed by atoms with Gasteiger partial charge >= 0.3 is 7.25 Å². The van der Waals surface area contributed by atoms with Crippen LogP contribution in [0.5, 0.6) is 0 Å². The van der Waals surface area contributed by atoms with E-state index in [1.54, 1.807) is 4.57 Å². The highest BCUT2D eigenvalue weighted by Crippen LogP contribution is 2.06. The molecule has 0 radical (unpaired) electrons. The Morgan fingerprint density at radius 2 is 1.93 bits per heavy atom. The van der Waals surface area contributed by atoms with Crippen molar-refractivity contribution in [3.63, 3.8) is 0 Å². The molecule has 0 bridgehead atoms. The molecule has 1 unspecified atom stereocenters. The van der Waals surface area contributed by atoms with E-state index in [1.807, 2.05) is 12.5 Å². The monoisotopic (exact) mass is 244 g/mol. The molecule has 1 atom stereocenters. The van der Waals surface area contributed by atoms with E-state index in [2.05, 4.69) is 18.1 Å². The largest absolute Gasteiger partial charge is 0.673 e. The van der Waals surface area contributed by atoms with Crippen LogP contribution in [-0.2, 0) is 0 Å². The lowest BCUT2D eigenvalue weighted by molar-refractivity contribution is -0.594. The molecule has 1 rings (SSSR count). The summed E-state index contributed by atoms with van der Waals surface area (Å²) < 4.78 is 40.6. The predicted molar refractivity (Wildman–Crippen MR) is 56.3 cm³/mol. The van der Waals surface area contributed by atoms with Crippen LogP contribution in [0.1, 0.15) is 6.92 Å². The minimum atomic E-state index is -6.00. The van der Waals surface area contributed by atoms with Gasteiger partial charge in [0.1, 0.15) is 6.20 Å². The van der Waals surface area contributed by atoms with Crippen molar-refractivity contribution in [1.29, 1.82) is 0 Å². The number of hydrogen-bond donors (Lipinski definition) is 1. The summed E-state index contributed by atoms with van der Waals surface area (Å²) in [6.07, 6.45) is 6.12. The van der Waals surface area contributed by atoms with E-state index in [-0.39, 0.29) is 9.20 Å². The van der Waals surface area contributed by atoms with Crippen molar-refractivity contribution in [2.45, 2.75) is 13.0 Å². The molecule has 0 fully saturated rings. The summed E-state index contributed by atoms with van der Waals surface area (Å²) in [4.78, 5) is 4.03. The molecule has 14 heavy (non-hydrogen) atoms. The van der Waals surface area contributed by atoms with Crippen molar-refractivity contribution in [2.24, 2.45) is 4.99 Å². The zero-order chi connectivity index (χ0) is 11.0. The molecule has 0 aromatic carbocycles. The lowest BCUT2D eigenvalue weighted by atomic mass is 10.3. The molecule has 0 saturated carbocycles. The molecule has 9 heteroatoms. The Hall–Kier alpha value is -0.411. The Kier molecular flexibility index (Phi) is 6.75. The Balaban J connectivity index is 0.000000292. The zero-order valence-electron chi connectivity index (χ0n) is 7.89. The highest BCUT2D eigenvalue weighted by Gasteiger charge is 2.20. The number of hydrogen-bond acceptors (Lipinski definition) is 1. The normalized spacial score (nSPS) is 21.1. The maximum absolute atomic E-state index is 9.75. The van der Waals surface area contributed by atoms with Crippen molar-refractivity contribution in [3.05, 3.63) is 12.4 Å². The van der Waals surface area contributed by atoms with Crippen LogP contribution in [0.4, 0.5) is 17.3 Å². The Morgan fingerprint density at radius 1 is 1.36 bits per heavy atom. The van der Waals surface area contributed by atoms with Gasteiger partial charge in [0.05, 0.1) is 15.2 Å². The SMILES string of the molecule is CC[SiH2][SiH2][NH+]1C=CN=C1.F[B-](F)(F)F. The van der Waals surface area contributed by atoms with E-state index in [1.165, 1.54) is 6.04 Å². The number of nitrogens with zero attached hydrogens (tertiary/aromatic N) is 1. The van der Waals surface area contributed by atoms with Gasteiger partial charge in [-0.15, -0.1) is 0 Å². The van der Waals surface area contributed by atoms with E-state index in [0.29, 0.717) is 9.04 Å². The van der Waals surface area contributed by atoms with Gasteiger partial charge in [-0.2, -0.15) is 0 Å². The smallest absolute Gasteiger partial charge is 0.418 e. The molecule has 0 amide bonds. The van der Waals surface area contributed by atoms with Gasteiger partial charge in [0, 0.05) is 0 Å². The van der Waals surface area contributed by atoms with Crippen LogP contribution in [0.15, 0.2) is 17.4 Å². The Morgan fingerprint density at radius 3 is 2.29 bits per heavy atom. The van der Waals surface area contributed by atoms with Gasteiger partial charge in [0.25, 0.3) is 0 Å². The fourth-order valence-electron chi connectivity index (χ4n) is 0.849. The Labute approximate surface area is 84.7 Å². The van der Waals surface area contributed by atoms with Gasteiger partial charge in [0.2, 0.25) is 9.20 Å². The summed E-state index contributed by atoms with van der Waals surface area (Å²) in [5.74, 6) is 0. The van der Waals surface area contributed by atoms with E-state index in [4.69, 9.17) is 0 Å². The first-order chi connectivity index (χ1) is 6.43. The number of quaternary nitrogens is 1. The molecule has 1 heterocycles. The lowest BCUT2D eigenvalue weighted by Crippen LogP contribution is -3.08. The van der Waals surface area contributed by atoms with E-state index >= 15 is 0 Å². The summed E-state index contributed by atoms with van der Waals surface area (Å²) in [6, 6.07) is 1.47. The third-order valence-corrected chi connectivity index (χ3v) is 8.40. The third-order valence-electron chi connectivity index (χ3n) is 1.43. The molecular weight excluding hydrogens is 231 g/mol. The molecule has 82 valence electrons. The van der Waals surface area contributed by atoms with Crippen molar-refractivity contribution in [2.75, 3.05) is 0 Å². The molecule has 1 N–H and O–H groups in total. The van der Waals surface area contributed by atoms with Gasteiger partial charge in [-0.1, -0.05) is 13.0 Å². The summed E-state index contributed by atoms with van der Waals surface area (Å²) in [6.45, 7) is 2.30. The van der Waals surface area contributed by atoms with Gasteiger partial charge in [0.15, 0.2) is 6.34 Å². The van der Waals surface area contributed by atoms with E-state index < -0.39 is 7.25 Å². The maximum atomic E-state index is 9.75.